The SMILES string of the molecule is CC(=O)Nc1nc2oc(C)nc2c(=O)[nH]1. The van der Waals surface area contributed by atoms with Crippen molar-refractivity contribution in [1.29, 1.82) is 0 Å². The molecule has 0 fully saturated rings. The molecule has 2 rings (SSSR count). The molecule has 0 aliphatic rings. The molecule has 0 saturated heterocycles. The molecule has 0 atom stereocenters. The van der Waals surface area contributed by atoms with Crippen LogP contribution in [0.3, 0.4) is 0 Å². The molecule has 78 valence electrons. The zero-order chi connectivity index (χ0) is 11.0. The van der Waals surface area contributed by atoms with Crippen LogP contribution in [0.1, 0.15) is 12.8 Å². The fourth-order valence-corrected chi connectivity index (χ4v) is 1.16. The number of carbonyl (C=O) groups is 1. The van der Waals surface area contributed by atoms with Gasteiger partial charge in [0.1, 0.15) is 0 Å². The van der Waals surface area contributed by atoms with Crippen molar-refractivity contribution in [3.63, 3.8) is 0 Å². The lowest BCUT2D eigenvalue weighted by molar-refractivity contribution is -0.114. The second-order valence-corrected chi connectivity index (χ2v) is 2.98. The highest BCUT2D eigenvalue weighted by Crippen LogP contribution is 2.09. The van der Waals surface area contributed by atoms with Gasteiger partial charge in [0.2, 0.25) is 11.9 Å². The topological polar surface area (TPSA) is 101 Å². The first kappa shape index (κ1) is 9.38. The van der Waals surface area contributed by atoms with Crippen LogP contribution in [-0.2, 0) is 4.79 Å². The molecular formula is C8H8N4O3. The number of hydrogen-bond donors (Lipinski definition) is 2. The van der Waals surface area contributed by atoms with Crippen LogP contribution in [0.4, 0.5) is 5.95 Å². The number of anilines is 1. The molecule has 0 spiro atoms. The Morgan fingerprint density at radius 2 is 2.20 bits per heavy atom. The van der Waals surface area contributed by atoms with Crippen molar-refractivity contribution in [2.45, 2.75) is 13.8 Å². The van der Waals surface area contributed by atoms with Crippen molar-refractivity contribution in [2.24, 2.45) is 0 Å². The van der Waals surface area contributed by atoms with Crippen molar-refractivity contribution < 1.29 is 9.21 Å². The molecule has 2 N–H and O–H groups in total. The molecule has 0 bridgehead atoms. The van der Waals surface area contributed by atoms with E-state index in [-0.39, 0.29) is 23.1 Å². The summed E-state index contributed by atoms with van der Waals surface area (Å²) < 4.78 is 5.08. The molecule has 15 heavy (non-hydrogen) atoms. The van der Waals surface area contributed by atoms with Gasteiger partial charge in [0.25, 0.3) is 11.3 Å². The Labute approximate surface area is 83.5 Å². The number of aromatic amines is 1. The van der Waals surface area contributed by atoms with Crippen LogP contribution in [0.2, 0.25) is 0 Å². The van der Waals surface area contributed by atoms with E-state index >= 15 is 0 Å². The van der Waals surface area contributed by atoms with Crippen LogP contribution >= 0.6 is 0 Å². The first-order valence-corrected chi connectivity index (χ1v) is 4.21. The van der Waals surface area contributed by atoms with Gasteiger partial charge >= 0.3 is 0 Å². The van der Waals surface area contributed by atoms with E-state index in [0.717, 1.165) is 0 Å². The van der Waals surface area contributed by atoms with E-state index in [9.17, 15) is 9.59 Å². The van der Waals surface area contributed by atoms with E-state index in [4.69, 9.17) is 4.42 Å². The highest BCUT2D eigenvalue weighted by atomic mass is 16.4. The average molecular weight is 208 g/mol. The summed E-state index contributed by atoms with van der Waals surface area (Å²) in [7, 11) is 0. The van der Waals surface area contributed by atoms with Crippen molar-refractivity contribution in [3.8, 4) is 0 Å². The van der Waals surface area contributed by atoms with Crippen LogP contribution in [0.25, 0.3) is 11.2 Å². The van der Waals surface area contributed by atoms with Gasteiger partial charge in [-0.15, -0.1) is 0 Å². The molecule has 0 aliphatic carbocycles. The Kier molecular flexibility index (Phi) is 2.00. The molecule has 7 heteroatoms. The van der Waals surface area contributed by atoms with Crippen molar-refractivity contribution in [1.82, 2.24) is 15.0 Å². The number of amides is 1. The van der Waals surface area contributed by atoms with Gasteiger partial charge in [-0.2, -0.15) is 4.98 Å². The smallest absolute Gasteiger partial charge is 0.282 e. The minimum atomic E-state index is -0.444. The number of carbonyl (C=O) groups excluding carboxylic acids is 1. The second kappa shape index (κ2) is 3.19. The molecule has 0 aliphatic heterocycles. The van der Waals surface area contributed by atoms with Crippen LogP contribution in [0, 0.1) is 6.92 Å². The first-order valence-electron chi connectivity index (χ1n) is 4.21. The van der Waals surface area contributed by atoms with Gasteiger partial charge in [0.05, 0.1) is 0 Å². The van der Waals surface area contributed by atoms with Crippen LogP contribution in [0.15, 0.2) is 9.21 Å². The zero-order valence-corrected chi connectivity index (χ0v) is 8.12. The van der Waals surface area contributed by atoms with E-state index in [0.29, 0.717) is 5.89 Å². The minimum absolute atomic E-state index is 0.0520. The fraction of sp³-hybridized carbons (Fsp3) is 0.250. The van der Waals surface area contributed by atoms with Crippen molar-refractivity contribution in [3.05, 3.63) is 16.2 Å². The summed E-state index contributed by atoms with van der Waals surface area (Å²) in [6, 6.07) is 0. The lowest BCUT2D eigenvalue weighted by Gasteiger charge is -1.98. The van der Waals surface area contributed by atoms with E-state index < -0.39 is 5.56 Å². The van der Waals surface area contributed by atoms with E-state index in [1.807, 2.05) is 0 Å². The molecule has 0 radical (unpaired) electrons. The van der Waals surface area contributed by atoms with Gasteiger partial charge in [-0.1, -0.05) is 0 Å². The Morgan fingerprint density at radius 1 is 1.47 bits per heavy atom. The monoisotopic (exact) mass is 208 g/mol. The molecule has 0 saturated carbocycles. The molecule has 0 unspecified atom stereocenters. The number of aromatic nitrogens is 3. The molecule has 1 amide bonds. The third-order valence-corrected chi connectivity index (χ3v) is 1.67. The number of rotatable bonds is 1. The lowest BCUT2D eigenvalue weighted by atomic mass is 10.5. The quantitative estimate of drug-likeness (QED) is 0.696. The Bertz CT molecular complexity index is 583. The molecule has 2 aromatic rings. The van der Waals surface area contributed by atoms with Crippen molar-refractivity contribution >= 4 is 23.1 Å². The second-order valence-electron chi connectivity index (χ2n) is 2.98. The van der Waals surface area contributed by atoms with Crippen LogP contribution in [0.5, 0.6) is 0 Å². The summed E-state index contributed by atoms with van der Waals surface area (Å²) in [4.78, 5) is 32.3. The Balaban J connectivity index is 2.61. The Morgan fingerprint density at radius 3 is 2.87 bits per heavy atom. The van der Waals surface area contributed by atoms with Gasteiger partial charge in [-0.05, 0) is 0 Å². The van der Waals surface area contributed by atoms with Crippen LogP contribution in [-0.4, -0.2) is 20.9 Å². The summed E-state index contributed by atoms with van der Waals surface area (Å²) in [5, 5.41) is 2.35. The summed E-state index contributed by atoms with van der Waals surface area (Å²) in [6.07, 6.45) is 0. The number of nitrogens with zero attached hydrogens (tertiary/aromatic N) is 2. The third kappa shape index (κ3) is 1.71. The standard InChI is InChI=1S/C8H8N4O3/c1-3(13)9-8-11-6(14)5-7(12-8)15-4(2)10-5/h1-2H3,(H2,9,11,12,13,14). The van der Waals surface area contributed by atoms with E-state index in [1.54, 1.807) is 6.92 Å². The minimum Gasteiger partial charge on any atom is -0.422 e. The molecular weight excluding hydrogens is 200 g/mol. The highest BCUT2D eigenvalue weighted by Gasteiger charge is 2.10. The molecule has 2 aromatic heterocycles. The molecule has 2 heterocycles. The van der Waals surface area contributed by atoms with Crippen molar-refractivity contribution in [2.75, 3.05) is 5.32 Å². The van der Waals surface area contributed by atoms with E-state index in [1.165, 1.54) is 6.92 Å². The summed E-state index contributed by atoms with van der Waals surface area (Å²) in [6.45, 7) is 2.93. The number of hydrogen-bond acceptors (Lipinski definition) is 5. The largest absolute Gasteiger partial charge is 0.422 e. The summed E-state index contributed by atoms with van der Waals surface area (Å²) in [5.41, 5.74) is -0.206. The summed E-state index contributed by atoms with van der Waals surface area (Å²) >= 11 is 0. The maximum absolute atomic E-state index is 11.4. The van der Waals surface area contributed by atoms with Gasteiger partial charge in [0, 0.05) is 13.8 Å². The normalized spacial score (nSPS) is 10.5. The van der Waals surface area contributed by atoms with E-state index in [2.05, 4.69) is 20.3 Å². The van der Waals surface area contributed by atoms with Gasteiger partial charge < -0.3 is 4.42 Å². The zero-order valence-electron chi connectivity index (χ0n) is 8.12. The fourth-order valence-electron chi connectivity index (χ4n) is 1.16. The van der Waals surface area contributed by atoms with Crippen LogP contribution < -0.4 is 10.9 Å². The lowest BCUT2D eigenvalue weighted by Crippen LogP contribution is -2.15. The summed E-state index contributed by atoms with van der Waals surface area (Å²) in [5.74, 6) is 0.0767. The maximum Gasteiger partial charge on any atom is 0.282 e. The third-order valence-electron chi connectivity index (χ3n) is 1.67. The predicted molar refractivity (Wildman–Crippen MR) is 51.5 cm³/mol. The predicted octanol–water partition coefficient (Wildman–Crippen LogP) is 0.178. The number of fused-ring (bicyclic) bond motifs is 1. The number of nitrogens with one attached hydrogen (secondary N) is 2. The van der Waals surface area contributed by atoms with Gasteiger partial charge in [-0.3, -0.25) is 19.9 Å². The van der Waals surface area contributed by atoms with Gasteiger partial charge in [-0.25, -0.2) is 4.98 Å². The number of oxazole rings is 1. The van der Waals surface area contributed by atoms with Gasteiger partial charge in [0.15, 0.2) is 11.4 Å². The maximum atomic E-state index is 11.4. The molecule has 7 nitrogen and oxygen atoms in total. The highest BCUT2D eigenvalue weighted by molar-refractivity contribution is 5.87. The number of H-pyrrole nitrogens is 1. The average Bonchev–Trinajstić information content (AvgIpc) is 2.44. The molecule has 0 aromatic carbocycles. The number of aryl methyl sites for hydroxylation is 1. The Hall–Kier alpha value is -2.18. The first-order chi connectivity index (χ1) is 7.06.